The second-order valence-corrected chi connectivity index (χ2v) is 9.69. The number of aromatic nitrogens is 1. The van der Waals surface area contributed by atoms with Crippen LogP contribution in [0.25, 0.3) is 10.9 Å². The summed E-state index contributed by atoms with van der Waals surface area (Å²) in [5.41, 5.74) is -3.91. The first-order valence-electron chi connectivity index (χ1n) is 15.6. The fourth-order valence-corrected chi connectivity index (χ4v) is 4.38. The van der Waals surface area contributed by atoms with Crippen LogP contribution >= 0.6 is 0 Å². The van der Waals surface area contributed by atoms with Crippen LogP contribution in [0.3, 0.4) is 0 Å². The van der Waals surface area contributed by atoms with E-state index in [1.165, 1.54) is 12.1 Å². The fourth-order valence-electron chi connectivity index (χ4n) is 4.38. The fraction of sp³-hybridized carbons (Fsp3) is 0.464. The lowest BCUT2D eigenvalue weighted by atomic mass is 9.86. The molecule has 2 aliphatic rings. The molecule has 5 rings (SSSR count). The number of rotatable bonds is 9. The number of fused-ring (bicyclic) bond motifs is 2. The largest absolute Gasteiger partial charge is 0.586 e. The number of Topliss-reactive ketones (excluding diaryl/α,β-unsaturated/α-hetero) is 1. The molecular formula is C28H30F3NO5. The van der Waals surface area contributed by atoms with Crippen LogP contribution in [0.1, 0.15) is 67.7 Å². The Hall–Kier alpha value is -3.04. The highest BCUT2D eigenvalue weighted by atomic mass is 19.3. The van der Waals surface area contributed by atoms with E-state index in [1.54, 1.807) is 20.8 Å². The van der Waals surface area contributed by atoms with Crippen molar-refractivity contribution in [2.45, 2.75) is 76.1 Å². The Kier molecular flexibility index (Phi) is 4.14. The van der Waals surface area contributed by atoms with E-state index in [0.717, 1.165) is 28.8 Å². The summed E-state index contributed by atoms with van der Waals surface area (Å²) < 4.78 is 118. The lowest BCUT2D eigenvalue weighted by molar-refractivity contribution is -0.286. The van der Waals surface area contributed by atoms with Crippen LogP contribution in [0.2, 0.25) is 0 Å². The molecule has 37 heavy (non-hydrogen) atoms. The van der Waals surface area contributed by atoms with Gasteiger partial charge >= 0.3 is 6.29 Å². The van der Waals surface area contributed by atoms with Gasteiger partial charge < -0.3 is 24.3 Å². The Bertz CT molecular complexity index is 1710. The van der Waals surface area contributed by atoms with E-state index in [4.69, 9.17) is 11.0 Å². The minimum Gasteiger partial charge on any atom is -0.395 e. The lowest BCUT2D eigenvalue weighted by Crippen LogP contribution is -2.26. The summed E-state index contributed by atoms with van der Waals surface area (Å²) in [6.07, 6.45) is -12.7. The second-order valence-electron chi connectivity index (χ2n) is 9.69. The van der Waals surface area contributed by atoms with Crippen molar-refractivity contribution in [2.75, 3.05) is 6.56 Å². The summed E-state index contributed by atoms with van der Waals surface area (Å²) >= 11 is 0. The smallest absolute Gasteiger partial charge is 0.395 e. The third-order valence-corrected chi connectivity index (χ3v) is 6.90. The van der Waals surface area contributed by atoms with Crippen LogP contribution in [0.5, 0.6) is 11.5 Å². The van der Waals surface area contributed by atoms with E-state index in [1.807, 2.05) is 0 Å². The molecule has 9 heteroatoms. The molecule has 1 aromatic heterocycles. The number of benzene rings is 2. The number of alkyl halides is 2. The van der Waals surface area contributed by atoms with Gasteiger partial charge in [-0.25, -0.2) is 4.39 Å². The standard InChI is InChI=1S/C28H30F3NO5/c1-4-26(2,3)24-10-17-9-16(20(29)13-21(17)32(24)14-19(34)15-33)11-25(35)27(7-8-27)18-5-6-22-23(12-18)37-28(30,31)36-22/h5-6,9-10,12-13,19,33-34H,4,7-8,11,14-15H2,1-3H3/t19-/m1/s1/i7D2,8D2,14D2,15D2. The monoisotopic (exact) mass is 525 g/mol. The van der Waals surface area contributed by atoms with Crippen LogP contribution < -0.4 is 9.47 Å². The Balaban J connectivity index is 1.62. The second kappa shape index (κ2) is 8.77. The van der Waals surface area contributed by atoms with Gasteiger partial charge in [-0.15, -0.1) is 8.78 Å². The zero-order valence-electron chi connectivity index (χ0n) is 28.2. The zero-order valence-corrected chi connectivity index (χ0v) is 20.2. The number of halogens is 3. The van der Waals surface area contributed by atoms with Gasteiger partial charge in [0.05, 0.1) is 35.6 Å². The molecule has 0 spiro atoms. The number of aliphatic hydroxyl groups excluding tert-OH is 1. The van der Waals surface area contributed by atoms with Gasteiger partial charge in [0.1, 0.15) is 11.6 Å². The van der Waals surface area contributed by atoms with Gasteiger partial charge in [-0.05, 0) is 60.6 Å². The number of hydrogen-bond acceptors (Lipinski definition) is 5. The summed E-state index contributed by atoms with van der Waals surface area (Å²) in [5, 5.41) is 20.4. The number of carbonyl (C=O) groups excluding carboxylic acids is 1. The number of nitrogens with zero attached hydrogens (tertiary/aromatic N) is 1. The van der Waals surface area contributed by atoms with Crippen molar-refractivity contribution in [1.82, 2.24) is 4.57 Å². The van der Waals surface area contributed by atoms with Crippen molar-refractivity contribution in [2.24, 2.45) is 0 Å². The molecule has 2 aromatic carbocycles. The van der Waals surface area contributed by atoms with Gasteiger partial charge in [-0.1, -0.05) is 26.8 Å². The molecule has 2 heterocycles. The summed E-state index contributed by atoms with van der Waals surface area (Å²) in [6.45, 7) is -1.11. The van der Waals surface area contributed by atoms with Crippen molar-refractivity contribution >= 4 is 16.7 Å². The molecule has 0 bridgehead atoms. The van der Waals surface area contributed by atoms with Gasteiger partial charge in [0.2, 0.25) is 0 Å². The van der Waals surface area contributed by atoms with Crippen molar-refractivity contribution in [1.29, 1.82) is 0 Å². The molecule has 1 fully saturated rings. The van der Waals surface area contributed by atoms with E-state index in [2.05, 4.69) is 9.47 Å². The molecule has 198 valence electrons. The third-order valence-electron chi connectivity index (χ3n) is 6.90. The van der Waals surface area contributed by atoms with Crippen molar-refractivity contribution in [3.63, 3.8) is 0 Å². The number of hydrogen-bond donors (Lipinski definition) is 2. The zero-order chi connectivity index (χ0) is 33.9. The van der Waals surface area contributed by atoms with Crippen molar-refractivity contribution < 1.29 is 48.6 Å². The Morgan fingerprint density at radius 3 is 2.57 bits per heavy atom. The highest BCUT2D eigenvalue weighted by molar-refractivity contribution is 5.95. The summed E-state index contributed by atoms with van der Waals surface area (Å²) in [4.78, 5) is 13.8. The Morgan fingerprint density at radius 2 is 1.92 bits per heavy atom. The lowest BCUT2D eigenvalue weighted by Gasteiger charge is -2.26. The number of ketones is 1. The van der Waals surface area contributed by atoms with Gasteiger partial charge in [0.15, 0.2) is 11.5 Å². The van der Waals surface area contributed by atoms with E-state index in [9.17, 15) is 23.8 Å². The summed E-state index contributed by atoms with van der Waals surface area (Å²) in [6, 6.07) is 6.46. The topological polar surface area (TPSA) is 80.9 Å². The molecule has 0 amide bonds. The number of carbonyl (C=O) groups is 1. The average molecular weight is 526 g/mol. The first-order valence-corrected chi connectivity index (χ1v) is 11.6. The number of aliphatic hydroxyl groups is 2. The van der Waals surface area contributed by atoms with E-state index in [0.29, 0.717) is 6.42 Å². The Morgan fingerprint density at radius 1 is 1.22 bits per heavy atom. The van der Waals surface area contributed by atoms with Gasteiger partial charge in [0.25, 0.3) is 0 Å². The van der Waals surface area contributed by atoms with Crippen molar-refractivity contribution in [3.8, 4) is 11.5 Å². The van der Waals surface area contributed by atoms with E-state index < -0.39 is 78.6 Å². The minimum atomic E-state index is -4.02. The van der Waals surface area contributed by atoms with E-state index in [-0.39, 0.29) is 27.7 Å². The maximum absolute atomic E-state index is 15.8. The predicted molar refractivity (Wildman–Crippen MR) is 131 cm³/mol. The molecule has 0 saturated heterocycles. The van der Waals surface area contributed by atoms with Crippen LogP contribution in [-0.4, -0.2) is 39.5 Å². The van der Waals surface area contributed by atoms with E-state index >= 15 is 4.39 Å². The molecule has 0 unspecified atom stereocenters. The first kappa shape index (κ1) is 17.5. The molecule has 3 aromatic rings. The average Bonchev–Trinajstić information content (AvgIpc) is 3.23. The molecule has 6 nitrogen and oxygen atoms in total. The molecular weight excluding hydrogens is 487 g/mol. The normalized spacial score (nSPS) is 25.0. The SMILES string of the molecule is [2H]C([2H])(O)[C@H](O)C([2H])([2H])n1c(C(C)(C)CC)cc2cc(CC(=O)C3(c4ccc5c(c4)OC(F)(F)O5)C([2H])([2H])C3([2H])[2H])c(F)cc21. The van der Waals surface area contributed by atoms with Crippen LogP contribution in [0.15, 0.2) is 36.4 Å². The highest BCUT2D eigenvalue weighted by Crippen LogP contribution is 2.52. The third kappa shape index (κ3) is 4.48. The molecule has 1 atom stereocenters. The summed E-state index contributed by atoms with van der Waals surface area (Å²) in [7, 11) is 0. The highest BCUT2D eigenvalue weighted by Gasteiger charge is 2.52. The molecule has 1 aliphatic heterocycles. The van der Waals surface area contributed by atoms with Crippen molar-refractivity contribution in [3.05, 3.63) is 59.0 Å². The maximum Gasteiger partial charge on any atom is 0.586 e. The van der Waals surface area contributed by atoms with Crippen LogP contribution in [-0.2, 0) is 28.5 Å². The number of ether oxygens (including phenoxy) is 2. The van der Waals surface area contributed by atoms with Crippen LogP contribution in [0.4, 0.5) is 13.2 Å². The maximum atomic E-state index is 15.8. The van der Waals surface area contributed by atoms with Gasteiger partial charge in [-0.2, -0.15) is 0 Å². The molecule has 0 radical (unpaired) electrons. The van der Waals surface area contributed by atoms with Crippen LogP contribution in [0, 0.1) is 5.82 Å². The Labute approximate surface area is 223 Å². The minimum absolute atomic E-state index is 0.142. The molecule has 1 aliphatic carbocycles. The first-order chi connectivity index (χ1) is 20.4. The molecule has 1 saturated carbocycles. The van der Waals surface area contributed by atoms with Gasteiger partial charge in [-0.3, -0.25) is 4.79 Å². The molecule has 2 N–H and O–H groups in total. The quantitative estimate of drug-likeness (QED) is 0.412. The predicted octanol–water partition coefficient (Wildman–Crippen LogP) is 4.99. The van der Waals surface area contributed by atoms with Gasteiger partial charge in [0, 0.05) is 28.4 Å². The summed E-state index contributed by atoms with van der Waals surface area (Å²) in [5.74, 6) is -3.11.